The van der Waals surface area contributed by atoms with E-state index < -0.39 is 5.92 Å². The Balaban J connectivity index is 1.52. The highest BCUT2D eigenvalue weighted by Crippen LogP contribution is 2.35. The smallest absolute Gasteiger partial charge is 0.298 e. The summed E-state index contributed by atoms with van der Waals surface area (Å²) in [5.74, 6) is -2.24. The van der Waals surface area contributed by atoms with Crippen LogP contribution in [0.15, 0.2) is 72.9 Å². The maximum Gasteiger partial charge on any atom is 0.298 e. The SMILES string of the molecule is Nc1[nH]nnc1-c1cccc(OCc2cc(C(F)(F)c3ccccc3)ccn2)c1. The number of hydrogen-bond donors (Lipinski definition) is 2. The lowest BCUT2D eigenvalue weighted by Gasteiger charge is -2.17. The molecule has 2 aromatic carbocycles. The second-order valence-electron chi connectivity index (χ2n) is 6.37. The molecule has 0 amide bonds. The van der Waals surface area contributed by atoms with E-state index in [9.17, 15) is 8.78 Å². The molecule has 0 bridgehead atoms. The van der Waals surface area contributed by atoms with E-state index in [1.165, 1.54) is 30.5 Å². The number of hydrogen-bond acceptors (Lipinski definition) is 5. The summed E-state index contributed by atoms with van der Waals surface area (Å²) in [5, 5.41) is 10.2. The number of benzene rings is 2. The molecule has 0 aliphatic carbocycles. The first kappa shape index (κ1) is 18.5. The monoisotopic (exact) mass is 393 g/mol. The van der Waals surface area contributed by atoms with Crippen LogP contribution in [0.3, 0.4) is 0 Å². The number of nitrogens with zero attached hydrogens (tertiary/aromatic N) is 3. The molecule has 6 nitrogen and oxygen atoms in total. The lowest BCUT2D eigenvalue weighted by atomic mass is 10.0. The van der Waals surface area contributed by atoms with Gasteiger partial charge >= 0.3 is 0 Å². The van der Waals surface area contributed by atoms with E-state index in [0.29, 0.717) is 23.0 Å². The van der Waals surface area contributed by atoms with Crippen LogP contribution in [0.4, 0.5) is 14.6 Å². The third-order valence-electron chi connectivity index (χ3n) is 4.39. The standard InChI is InChI=1S/C21H17F2N5O/c22-21(23,15-6-2-1-3-7-15)16-9-10-25-17(12-16)13-29-18-8-4-5-14(11-18)19-20(24)27-28-26-19/h1-12H,13H2,(H3,24,26,27,28). The number of aromatic amines is 1. The largest absolute Gasteiger partial charge is 0.487 e. The zero-order chi connectivity index (χ0) is 20.3. The average molecular weight is 393 g/mol. The van der Waals surface area contributed by atoms with Crippen molar-refractivity contribution >= 4 is 5.82 Å². The number of pyridine rings is 1. The van der Waals surface area contributed by atoms with Crippen LogP contribution in [0.2, 0.25) is 0 Å². The number of nitrogens with two attached hydrogens (primary N) is 1. The van der Waals surface area contributed by atoms with E-state index >= 15 is 0 Å². The minimum absolute atomic E-state index is 0.0382. The molecule has 4 rings (SSSR count). The van der Waals surface area contributed by atoms with Gasteiger partial charge < -0.3 is 10.5 Å². The Hall–Kier alpha value is -3.81. The van der Waals surface area contributed by atoms with Crippen molar-refractivity contribution in [3.63, 3.8) is 0 Å². The van der Waals surface area contributed by atoms with Crippen LogP contribution in [0.1, 0.15) is 16.8 Å². The quantitative estimate of drug-likeness (QED) is 0.513. The molecule has 0 spiro atoms. The van der Waals surface area contributed by atoms with Gasteiger partial charge in [-0.2, -0.15) is 8.78 Å². The Labute approximate surface area is 165 Å². The van der Waals surface area contributed by atoms with Gasteiger partial charge in [0.25, 0.3) is 5.92 Å². The van der Waals surface area contributed by atoms with Gasteiger partial charge in [-0.05, 0) is 24.3 Å². The van der Waals surface area contributed by atoms with Gasteiger partial charge in [0.2, 0.25) is 0 Å². The fraction of sp³-hybridized carbons (Fsp3) is 0.0952. The summed E-state index contributed by atoms with van der Waals surface area (Å²) in [7, 11) is 0. The maximum atomic E-state index is 14.8. The van der Waals surface area contributed by atoms with Crippen molar-refractivity contribution in [1.29, 1.82) is 0 Å². The highest BCUT2D eigenvalue weighted by molar-refractivity contribution is 5.70. The molecular formula is C21H17F2N5O. The van der Waals surface area contributed by atoms with Crippen LogP contribution in [0, 0.1) is 0 Å². The number of H-pyrrole nitrogens is 1. The fourth-order valence-electron chi connectivity index (χ4n) is 2.91. The van der Waals surface area contributed by atoms with E-state index in [-0.39, 0.29) is 17.7 Å². The van der Waals surface area contributed by atoms with Crippen LogP contribution in [-0.2, 0) is 12.5 Å². The van der Waals surface area contributed by atoms with E-state index in [4.69, 9.17) is 10.5 Å². The molecule has 146 valence electrons. The molecule has 0 fully saturated rings. The molecule has 0 radical (unpaired) electrons. The molecule has 0 unspecified atom stereocenters. The fourth-order valence-corrected chi connectivity index (χ4v) is 2.91. The van der Waals surface area contributed by atoms with Gasteiger partial charge in [-0.15, -0.1) is 5.10 Å². The number of halogens is 2. The van der Waals surface area contributed by atoms with Crippen molar-refractivity contribution in [1.82, 2.24) is 20.4 Å². The molecule has 3 N–H and O–H groups in total. The van der Waals surface area contributed by atoms with Crippen molar-refractivity contribution in [2.45, 2.75) is 12.5 Å². The lowest BCUT2D eigenvalue weighted by molar-refractivity contribution is 0.0425. The van der Waals surface area contributed by atoms with Gasteiger partial charge in [-0.1, -0.05) is 47.7 Å². The predicted octanol–water partition coefficient (Wildman–Crippen LogP) is 4.17. The normalized spacial score (nSPS) is 11.4. The number of nitrogen functional groups attached to an aromatic ring is 1. The first-order valence-electron chi connectivity index (χ1n) is 8.82. The molecule has 8 heteroatoms. The highest BCUT2D eigenvalue weighted by atomic mass is 19.3. The number of nitrogens with one attached hydrogen (secondary N) is 1. The van der Waals surface area contributed by atoms with Crippen molar-refractivity contribution in [3.8, 4) is 17.0 Å². The van der Waals surface area contributed by atoms with Crippen molar-refractivity contribution in [3.05, 3.63) is 89.7 Å². The summed E-state index contributed by atoms with van der Waals surface area (Å²) >= 11 is 0. The average Bonchev–Trinajstić information content (AvgIpc) is 3.19. The molecule has 4 aromatic rings. The van der Waals surface area contributed by atoms with Crippen molar-refractivity contribution < 1.29 is 13.5 Å². The van der Waals surface area contributed by atoms with Gasteiger partial charge in [-0.25, -0.2) is 5.10 Å². The molecule has 0 saturated carbocycles. The summed E-state index contributed by atoms with van der Waals surface area (Å²) in [5.41, 5.74) is 7.21. The molecule has 0 aliphatic rings. The Morgan fingerprint density at radius 2 is 1.79 bits per heavy atom. The topological polar surface area (TPSA) is 89.7 Å². The van der Waals surface area contributed by atoms with Crippen LogP contribution in [-0.4, -0.2) is 20.4 Å². The van der Waals surface area contributed by atoms with Crippen molar-refractivity contribution in [2.75, 3.05) is 5.73 Å². The van der Waals surface area contributed by atoms with E-state index in [1.807, 2.05) is 6.07 Å². The second kappa shape index (κ2) is 7.67. The summed E-state index contributed by atoms with van der Waals surface area (Å²) in [4.78, 5) is 4.14. The van der Waals surface area contributed by atoms with Crippen LogP contribution < -0.4 is 10.5 Å². The van der Waals surface area contributed by atoms with E-state index in [2.05, 4.69) is 20.4 Å². The second-order valence-corrected chi connectivity index (χ2v) is 6.37. The first-order valence-corrected chi connectivity index (χ1v) is 8.82. The van der Waals surface area contributed by atoms with E-state index in [1.54, 1.807) is 36.4 Å². The Morgan fingerprint density at radius 1 is 0.966 bits per heavy atom. The molecule has 0 saturated heterocycles. The zero-order valence-electron chi connectivity index (χ0n) is 15.2. The number of aromatic nitrogens is 4. The van der Waals surface area contributed by atoms with Gasteiger partial charge in [0.1, 0.15) is 23.9 Å². The summed E-state index contributed by atoms with van der Waals surface area (Å²) in [6.45, 7) is 0.0382. The van der Waals surface area contributed by atoms with Gasteiger partial charge in [0.05, 0.1) is 5.69 Å². The lowest BCUT2D eigenvalue weighted by Crippen LogP contribution is -2.16. The predicted molar refractivity (Wildman–Crippen MR) is 104 cm³/mol. The van der Waals surface area contributed by atoms with E-state index in [0.717, 1.165) is 5.56 Å². The molecule has 2 heterocycles. The summed E-state index contributed by atoms with van der Waals surface area (Å²) in [6, 6.07) is 17.4. The van der Waals surface area contributed by atoms with Crippen molar-refractivity contribution in [2.24, 2.45) is 0 Å². The van der Waals surface area contributed by atoms with Crippen LogP contribution in [0.25, 0.3) is 11.3 Å². The highest BCUT2D eigenvalue weighted by Gasteiger charge is 2.34. The first-order chi connectivity index (χ1) is 14.0. The molecule has 0 atom stereocenters. The number of anilines is 1. The molecular weight excluding hydrogens is 376 g/mol. The third kappa shape index (κ3) is 3.91. The van der Waals surface area contributed by atoms with Gasteiger partial charge in [-0.3, -0.25) is 4.98 Å². The number of rotatable bonds is 6. The zero-order valence-corrected chi connectivity index (χ0v) is 15.2. The van der Waals surface area contributed by atoms with Gasteiger partial charge in [0.15, 0.2) is 0 Å². The summed E-state index contributed by atoms with van der Waals surface area (Å²) < 4.78 is 35.3. The molecule has 29 heavy (non-hydrogen) atoms. The number of alkyl halides is 2. The minimum Gasteiger partial charge on any atom is -0.487 e. The molecule has 0 aliphatic heterocycles. The third-order valence-corrected chi connectivity index (χ3v) is 4.39. The Kier molecular flexibility index (Phi) is 4.90. The minimum atomic E-state index is -3.12. The number of ether oxygens (including phenoxy) is 1. The molecule has 2 aromatic heterocycles. The van der Waals surface area contributed by atoms with Gasteiger partial charge in [0, 0.05) is 22.9 Å². The summed E-state index contributed by atoms with van der Waals surface area (Å²) in [6.07, 6.45) is 1.36. The van der Waals surface area contributed by atoms with Crippen LogP contribution in [0.5, 0.6) is 5.75 Å². The Morgan fingerprint density at radius 3 is 2.55 bits per heavy atom. The Bertz CT molecular complexity index is 1110. The van der Waals surface area contributed by atoms with Crippen LogP contribution >= 0.6 is 0 Å². The maximum absolute atomic E-state index is 14.8.